The SMILES string of the molecule is Cc1cccc(NC(=O)CN2C(=O)S/C(=C\c3ccc4c(c3)n(C)c(=O)n4C)C2=O)c1. The fraction of sp³-hybridized carbons (Fsp3) is 0.182. The lowest BCUT2D eigenvalue weighted by Gasteiger charge is -2.12. The van der Waals surface area contributed by atoms with E-state index in [9.17, 15) is 19.2 Å². The second-order valence-corrected chi connectivity index (χ2v) is 8.33. The average molecular weight is 436 g/mol. The van der Waals surface area contributed by atoms with Crippen molar-refractivity contribution in [1.82, 2.24) is 14.0 Å². The summed E-state index contributed by atoms with van der Waals surface area (Å²) in [6.45, 7) is 1.55. The van der Waals surface area contributed by atoms with Gasteiger partial charge in [-0.2, -0.15) is 0 Å². The number of rotatable bonds is 4. The molecule has 1 aliphatic rings. The highest BCUT2D eigenvalue weighted by atomic mass is 32.2. The molecule has 0 bridgehead atoms. The highest BCUT2D eigenvalue weighted by Crippen LogP contribution is 2.32. The molecule has 1 aliphatic heterocycles. The van der Waals surface area contributed by atoms with Gasteiger partial charge in [-0.25, -0.2) is 4.79 Å². The summed E-state index contributed by atoms with van der Waals surface area (Å²) >= 11 is 0.790. The van der Waals surface area contributed by atoms with Gasteiger partial charge in [0.1, 0.15) is 6.54 Å². The van der Waals surface area contributed by atoms with E-state index in [4.69, 9.17) is 0 Å². The molecule has 0 unspecified atom stereocenters. The first-order valence-corrected chi connectivity index (χ1v) is 10.3. The Hall–Kier alpha value is -3.59. The number of carbonyl (C=O) groups excluding carboxylic acids is 3. The van der Waals surface area contributed by atoms with Crippen LogP contribution in [0.3, 0.4) is 0 Å². The third kappa shape index (κ3) is 3.91. The third-order valence-electron chi connectivity index (χ3n) is 5.07. The number of anilines is 1. The molecule has 8 nitrogen and oxygen atoms in total. The molecule has 9 heteroatoms. The van der Waals surface area contributed by atoms with Crippen molar-refractivity contribution in [1.29, 1.82) is 0 Å². The smallest absolute Gasteiger partial charge is 0.325 e. The number of hydrogen-bond donors (Lipinski definition) is 1. The van der Waals surface area contributed by atoms with E-state index in [0.29, 0.717) is 11.3 Å². The van der Waals surface area contributed by atoms with E-state index in [1.54, 1.807) is 55.1 Å². The van der Waals surface area contributed by atoms with Crippen LogP contribution in [0.4, 0.5) is 10.5 Å². The van der Waals surface area contributed by atoms with E-state index < -0.39 is 17.1 Å². The summed E-state index contributed by atoms with van der Waals surface area (Å²) in [7, 11) is 3.37. The number of benzene rings is 2. The number of hydrogen-bond acceptors (Lipinski definition) is 5. The summed E-state index contributed by atoms with van der Waals surface area (Å²) in [4.78, 5) is 50.7. The number of fused-ring (bicyclic) bond motifs is 1. The van der Waals surface area contributed by atoms with Crippen molar-refractivity contribution in [2.24, 2.45) is 14.1 Å². The van der Waals surface area contributed by atoms with E-state index in [0.717, 1.165) is 33.3 Å². The molecule has 1 saturated heterocycles. The van der Waals surface area contributed by atoms with Crippen LogP contribution in [0.25, 0.3) is 17.1 Å². The van der Waals surface area contributed by atoms with Gasteiger partial charge in [0.05, 0.1) is 15.9 Å². The summed E-state index contributed by atoms with van der Waals surface area (Å²) in [6, 6.07) is 12.6. The molecule has 2 heterocycles. The van der Waals surface area contributed by atoms with E-state index in [2.05, 4.69) is 5.32 Å². The van der Waals surface area contributed by atoms with Crippen molar-refractivity contribution >= 4 is 51.6 Å². The second kappa shape index (κ2) is 7.92. The average Bonchev–Trinajstić information content (AvgIpc) is 3.10. The van der Waals surface area contributed by atoms with Gasteiger partial charge in [0, 0.05) is 19.8 Å². The van der Waals surface area contributed by atoms with Gasteiger partial charge in [0.2, 0.25) is 5.91 Å². The number of aryl methyl sites for hydroxylation is 3. The molecule has 0 atom stereocenters. The van der Waals surface area contributed by atoms with Crippen molar-refractivity contribution < 1.29 is 14.4 Å². The van der Waals surface area contributed by atoms with E-state index in [1.165, 1.54) is 4.57 Å². The van der Waals surface area contributed by atoms with Crippen molar-refractivity contribution in [2.75, 3.05) is 11.9 Å². The molecule has 0 spiro atoms. The number of nitrogens with one attached hydrogen (secondary N) is 1. The largest absolute Gasteiger partial charge is 0.328 e. The molecule has 31 heavy (non-hydrogen) atoms. The molecule has 1 aromatic heterocycles. The monoisotopic (exact) mass is 436 g/mol. The van der Waals surface area contributed by atoms with Gasteiger partial charge in [0.25, 0.3) is 11.1 Å². The summed E-state index contributed by atoms with van der Waals surface area (Å²) in [5.41, 5.74) is 3.62. The number of thioether (sulfide) groups is 1. The summed E-state index contributed by atoms with van der Waals surface area (Å²) in [6.07, 6.45) is 1.60. The lowest BCUT2D eigenvalue weighted by molar-refractivity contribution is -0.127. The van der Waals surface area contributed by atoms with E-state index in [-0.39, 0.29) is 17.1 Å². The van der Waals surface area contributed by atoms with Crippen molar-refractivity contribution in [3.63, 3.8) is 0 Å². The number of imidazole rings is 1. The predicted molar refractivity (Wildman–Crippen MR) is 121 cm³/mol. The van der Waals surface area contributed by atoms with Crippen LogP contribution in [0.1, 0.15) is 11.1 Å². The van der Waals surface area contributed by atoms with Crippen LogP contribution in [0.2, 0.25) is 0 Å². The topological polar surface area (TPSA) is 93.4 Å². The van der Waals surface area contributed by atoms with Crippen LogP contribution < -0.4 is 11.0 Å². The lowest BCUT2D eigenvalue weighted by atomic mass is 10.2. The van der Waals surface area contributed by atoms with E-state index in [1.807, 2.05) is 19.1 Å². The summed E-state index contributed by atoms with van der Waals surface area (Å²) in [5.74, 6) is -0.966. The molecule has 0 saturated carbocycles. The zero-order valence-corrected chi connectivity index (χ0v) is 18.0. The van der Waals surface area contributed by atoms with Crippen molar-refractivity contribution in [3.05, 3.63) is 69.0 Å². The first-order chi connectivity index (χ1) is 14.7. The van der Waals surface area contributed by atoms with Crippen LogP contribution in [0.15, 0.2) is 52.2 Å². The standard InChI is InChI=1S/C22H20N4O4S/c1-13-5-4-6-15(9-13)23-19(27)12-26-20(28)18(31-22(26)30)11-14-7-8-16-17(10-14)25(3)21(29)24(16)2/h4-11H,12H2,1-3H3,(H,23,27)/b18-11-. The minimum Gasteiger partial charge on any atom is -0.325 e. The Labute approximate surface area is 182 Å². The zero-order valence-electron chi connectivity index (χ0n) is 17.2. The van der Waals surface area contributed by atoms with E-state index >= 15 is 0 Å². The van der Waals surface area contributed by atoms with Crippen LogP contribution >= 0.6 is 11.8 Å². The number of aromatic nitrogens is 2. The Morgan fingerprint density at radius 1 is 1.03 bits per heavy atom. The number of carbonyl (C=O) groups is 3. The maximum Gasteiger partial charge on any atom is 0.328 e. The van der Waals surface area contributed by atoms with Gasteiger partial charge in [0.15, 0.2) is 0 Å². The minimum atomic E-state index is -0.517. The Balaban J connectivity index is 1.53. The maximum atomic E-state index is 12.7. The highest BCUT2D eigenvalue weighted by Gasteiger charge is 2.36. The molecule has 4 rings (SSSR count). The highest BCUT2D eigenvalue weighted by molar-refractivity contribution is 8.18. The van der Waals surface area contributed by atoms with Crippen LogP contribution in [0.5, 0.6) is 0 Å². The summed E-state index contributed by atoms with van der Waals surface area (Å²) in [5, 5.41) is 2.20. The van der Waals surface area contributed by atoms with Crippen LogP contribution in [-0.4, -0.2) is 37.6 Å². The van der Waals surface area contributed by atoms with Gasteiger partial charge in [-0.1, -0.05) is 18.2 Å². The van der Waals surface area contributed by atoms with Crippen LogP contribution in [0, 0.1) is 6.92 Å². The maximum absolute atomic E-state index is 12.7. The Bertz CT molecular complexity index is 1340. The molecule has 0 aliphatic carbocycles. The third-order valence-corrected chi connectivity index (χ3v) is 5.98. The summed E-state index contributed by atoms with van der Waals surface area (Å²) < 4.78 is 3.06. The number of amides is 3. The van der Waals surface area contributed by atoms with Crippen molar-refractivity contribution in [3.8, 4) is 0 Å². The first-order valence-electron chi connectivity index (χ1n) is 9.52. The van der Waals surface area contributed by atoms with Gasteiger partial charge >= 0.3 is 5.69 Å². The molecular weight excluding hydrogens is 416 g/mol. The Kier molecular flexibility index (Phi) is 5.28. The first kappa shape index (κ1) is 20.7. The number of nitrogens with zero attached hydrogens (tertiary/aromatic N) is 3. The van der Waals surface area contributed by atoms with Gasteiger partial charge in [-0.05, 0) is 60.2 Å². The fourth-order valence-electron chi connectivity index (χ4n) is 3.47. The second-order valence-electron chi connectivity index (χ2n) is 7.33. The quantitative estimate of drug-likeness (QED) is 0.635. The molecule has 1 fully saturated rings. The fourth-order valence-corrected chi connectivity index (χ4v) is 4.31. The normalized spacial score (nSPS) is 15.3. The molecule has 3 amide bonds. The molecule has 0 radical (unpaired) electrons. The zero-order chi connectivity index (χ0) is 22.3. The Morgan fingerprint density at radius 3 is 2.52 bits per heavy atom. The Morgan fingerprint density at radius 2 is 1.77 bits per heavy atom. The van der Waals surface area contributed by atoms with Gasteiger partial charge in [-0.15, -0.1) is 0 Å². The predicted octanol–water partition coefficient (Wildman–Crippen LogP) is 2.86. The molecular formula is C22H20N4O4S. The molecule has 2 aromatic carbocycles. The molecule has 1 N–H and O–H groups in total. The number of imide groups is 1. The van der Waals surface area contributed by atoms with Gasteiger partial charge < -0.3 is 5.32 Å². The van der Waals surface area contributed by atoms with Crippen LogP contribution in [-0.2, 0) is 23.7 Å². The van der Waals surface area contributed by atoms with Gasteiger partial charge in [-0.3, -0.25) is 28.4 Å². The lowest BCUT2D eigenvalue weighted by Crippen LogP contribution is -2.36. The minimum absolute atomic E-state index is 0.146. The molecule has 3 aromatic rings. The molecule has 158 valence electrons. The van der Waals surface area contributed by atoms with Crippen molar-refractivity contribution in [2.45, 2.75) is 6.92 Å².